The lowest BCUT2D eigenvalue weighted by atomic mass is 9.94. The molecule has 1 aromatic rings. The molecule has 0 bridgehead atoms. The van der Waals surface area contributed by atoms with Gasteiger partial charge in [-0.2, -0.15) is 5.26 Å². The smallest absolute Gasteiger partial charge is 0.0624 e. The fraction of sp³-hybridized carbons (Fsp3) is 0.500. The molecule has 1 saturated heterocycles. The molecule has 1 fully saturated rings. The normalized spacial score (nSPS) is 17.6. The summed E-state index contributed by atoms with van der Waals surface area (Å²) in [6.07, 6.45) is 3.03. The standard InChI is InChI=1S/C14H16Br2N2/c15-13-7-12(8-14(16)9-13)10-18-5-2-11(1-4-17)3-6-18/h7-9,11H,1-3,5-6,10H2. The van der Waals surface area contributed by atoms with Gasteiger partial charge in [-0.1, -0.05) is 31.9 Å². The van der Waals surface area contributed by atoms with Gasteiger partial charge < -0.3 is 0 Å². The summed E-state index contributed by atoms with van der Waals surface area (Å²) in [5.41, 5.74) is 1.33. The highest BCUT2D eigenvalue weighted by atomic mass is 79.9. The number of nitriles is 1. The molecule has 0 N–H and O–H groups in total. The van der Waals surface area contributed by atoms with Crippen LogP contribution < -0.4 is 0 Å². The third-order valence-electron chi connectivity index (χ3n) is 3.42. The van der Waals surface area contributed by atoms with Crippen molar-refractivity contribution in [1.82, 2.24) is 4.90 Å². The van der Waals surface area contributed by atoms with Crippen LogP contribution in [0.15, 0.2) is 27.1 Å². The van der Waals surface area contributed by atoms with Gasteiger partial charge >= 0.3 is 0 Å². The lowest BCUT2D eigenvalue weighted by Gasteiger charge is -2.31. The van der Waals surface area contributed by atoms with Gasteiger partial charge in [0.15, 0.2) is 0 Å². The molecule has 0 amide bonds. The van der Waals surface area contributed by atoms with Gasteiger partial charge in [-0.15, -0.1) is 0 Å². The second-order valence-corrected chi connectivity index (χ2v) is 6.69. The van der Waals surface area contributed by atoms with Gasteiger partial charge in [-0.25, -0.2) is 0 Å². The number of hydrogen-bond donors (Lipinski definition) is 0. The number of nitrogens with zero attached hydrogens (tertiary/aromatic N) is 2. The Morgan fingerprint density at radius 2 is 1.78 bits per heavy atom. The molecule has 1 heterocycles. The predicted molar refractivity (Wildman–Crippen MR) is 80.1 cm³/mol. The Bertz CT molecular complexity index is 425. The number of likely N-dealkylation sites (tertiary alicyclic amines) is 1. The Hall–Kier alpha value is -0.370. The van der Waals surface area contributed by atoms with Crippen molar-refractivity contribution < 1.29 is 0 Å². The fourth-order valence-electron chi connectivity index (χ4n) is 2.44. The number of hydrogen-bond acceptors (Lipinski definition) is 2. The monoisotopic (exact) mass is 370 g/mol. The van der Waals surface area contributed by atoms with E-state index in [9.17, 15) is 0 Å². The first-order valence-electron chi connectivity index (χ1n) is 6.21. The van der Waals surface area contributed by atoms with Crippen molar-refractivity contribution in [3.63, 3.8) is 0 Å². The SMILES string of the molecule is N#CCC1CCN(Cc2cc(Br)cc(Br)c2)CC1. The van der Waals surface area contributed by atoms with Crippen LogP contribution in [0.5, 0.6) is 0 Å². The highest BCUT2D eigenvalue weighted by Crippen LogP contribution is 2.24. The molecule has 0 aliphatic carbocycles. The van der Waals surface area contributed by atoms with Gasteiger partial charge in [-0.3, -0.25) is 4.90 Å². The summed E-state index contributed by atoms with van der Waals surface area (Å²) in [5, 5.41) is 8.71. The lowest BCUT2D eigenvalue weighted by molar-refractivity contribution is 0.179. The quantitative estimate of drug-likeness (QED) is 0.790. The molecule has 0 atom stereocenters. The molecule has 2 rings (SSSR count). The summed E-state index contributed by atoms with van der Waals surface area (Å²) >= 11 is 7.05. The average molecular weight is 372 g/mol. The maximum atomic E-state index is 8.71. The van der Waals surface area contributed by atoms with E-state index in [0.717, 1.165) is 47.8 Å². The van der Waals surface area contributed by atoms with Gasteiger partial charge in [0, 0.05) is 21.9 Å². The van der Waals surface area contributed by atoms with E-state index < -0.39 is 0 Å². The number of benzene rings is 1. The van der Waals surface area contributed by atoms with E-state index in [1.54, 1.807) is 0 Å². The predicted octanol–water partition coefficient (Wildman–Crippen LogP) is 4.34. The van der Waals surface area contributed by atoms with Gasteiger partial charge in [-0.05, 0) is 55.6 Å². The van der Waals surface area contributed by atoms with Crippen molar-refractivity contribution in [3.8, 4) is 6.07 Å². The summed E-state index contributed by atoms with van der Waals surface area (Å²) in [6.45, 7) is 3.21. The van der Waals surface area contributed by atoms with Crippen LogP contribution in [0.4, 0.5) is 0 Å². The topological polar surface area (TPSA) is 27.0 Å². The highest BCUT2D eigenvalue weighted by Gasteiger charge is 2.18. The van der Waals surface area contributed by atoms with E-state index in [-0.39, 0.29) is 0 Å². The van der Waals surface area contributed by atoms with Gasteiger partial charge in [0.05, 0.1) is 6.07 Å². The van der Waals surface area contributed by atoms with Gasteiger partial charge in [0.1, 0.15) is 0 Å². The van der Waals surface area contributed by atoms with Crippen LogP contribution in [0.1, 0.15) is 24.8 Å². The van der Waals surface area contributed by atoms with Crippen LogP contribution >= 0.6 is 31.9 Å². The molecule has 1 aromatic carbocycles. The minimum absolute atomic E-state index is 0.612. The van der Waals surface area contributed by atoms with Crippen LogP contribution in [-0.2, 0) is 6.54 Å². The molecular formula is C14H16Br2N2. The van der Waals surface area contributed by atoms with E-state index in [1.165, 1.54) is 5.56 Å². The first-order valence-corrected chi connectivity index (χ1v) is 7.80. The molecule has 0 unspecified atom stereocenters. The first kappa shape index (κ1) is 14.0. The zero-order valence-electron chi connectivity index (χ0n) is 10.2. The molecule has 2 nitrogen and oxygen atoms in total. The molecule has 0 saturated carbocycles. The van der Waals surface area contributed by atoms with E-state index >= 15 is 0 Å². The molecule has 4 heteroatoms. The van der Waals surface area contributed by atoms with Crippen LogP contribution in [0.2, 0.25) is 0 Å². The van der Waals surface area contributed by atoms with Crippen LogP contribution in [-0.4, -0.2) is 18.0 Å². The third kappa shape index (κ3) is 4.08. The first-order chi connectivity index (χ1) is 8.67. The van der Waals surface area contributed by atoms with Crippen molar-refractivity contribution in [2.24, 2.45) is 5.92 Å². The maximum absolute atomic E-state index is 8.71. The minimum Gasteiger partial charge on any atom is -0.299 e. The van der Waals surface area contributed by atoms with Crippen molar-refractivity contribution in [1.29, 1.82) is 5.26 Å². The highest BCUT2D eigenvalue weighted by molar-refractivity contribution is 9.11. The fourth-order valence-corrected chi connectivity index (χ4v) is 3.83. The zero-order valence-corrected chi connectivity index (χ0v) is 13.4. The zero-order chi connectivity index (χ0) is 13.0. The maximum Gasteiger partial charge on any atom is 0.0624 e. The molecule has 0 radical (unpaired) electrons. The molecule has 1 aliphatic rings. The molecule has 1 aliphatic heterocycles. The molecule has 0 aromatic heterocycles. The van der Waals surface area contributed by atoms with Crippen molar-refractivity contribution >= 4 is 31.9 Å². The van der Waals surface area contributed by atoms with Gasteiger partial charge in [0.25, 0.3) is 0 Å². The summed E-state index contributed by atoms with van der Waals surface area (Å²) in [5.74, 6) is 0.612. The van der Waals surface area contributed by atoms with E-state index in [0.29, 0.717) is 5.92 Å². The van der Waals surface area contributed by atoms with E-state index in [2.05, 4.69) is 61.0 Å². The van der Waals surface area contributed by atoms with E-state index in [1.807, 2.05) is 0 Å². The van der Waals surface area contributed by atoms with Crippen molar-refractivity contribution in [2.75, 3.05) is 13.1 Å². The second-order valence-electron chi connectivity index (χ2n) is 4.86. The molecule has 0 spiro atoms. The Kier molecular flexibility index (Phi) is 5.23. The average Bonchev–Trinajstić information content (AvgIpc) is 2.31. The largest absolute Gasteiger partial charge is 0.299 e. The van der Waals surface area contributed by atoms with Crippen LogP contribution in [0.3, 0.4) is 0 Å². The Morgan fingerprint density at radius 1 is 1.17 bits per heavy atom. The van der Waals surface area contributed by atoms with Crippen molar-refractivity contribution in [2.45, 2.75) is 25.8 Å². The molecule has 96 valence electrons. The summed E-state index contributed by atoms with van der Waals surface area (Å²) in [7, 11) is 0. The number of halogens is 2. The summed E-state index contributed by atoms with van der Waals surface area (Å²) in [6, 6.07) is 8.69. The van der Waals surface area contributed by atoms with Crippen LogP contribution in [0.25, 0.3) is 0 Å². The summed E-state index contributed by atoms with van der Waals surface area (Å²) < 4.78 is 2.23. The Labute approximate surface area is 125 Å². The van der Waals surface area contributed by atoms with E-state index in [4.69, 9.17) is 5.26 Å². The molecule has 18 heavy (non-hydrogen) atoms. The minimum atomic E-state index is 0.612. The van der Waals surface area contributed by atoms with Gasteiger partial charge in [0.2, 0.25) is 0 Å². The second kappa shape index (κ2) is 6.70. The molecular weight excluding hydrogens is 356 g/mol. The van der Waals surface area contributed by atoms with Crippen LogP contribution in [0, 0.1) is 17.2 Å². The summed E-state index contributed by atoms with van der Waals surface area (Å²) in [4.78, 5) is 2.47. The Balaban J connectivity index is 1.90. The Morgan fingerprint density at radius 3 is 2.33 bits per heavy atom. The number of piperidine rings is 1. The lowest BCUT2D eigenvalue weighted by Crippen LogP contribution is -2.33. The number of rotatable bonds is 3. The third-order valence-corrected chi connectivity index (χ3v) is 4.33. The van der Waals surface area contributed by atoms with Crippen molar-refractivity contribution in [3.05, 3.63) is 32.7 Å².